The minimum atomic E-state index is 0.452. The van der Waals surface area contributed by atoms with Crippen molar-refractivity contribution < 1.29 is 0 Å². The zero-order valence-electron chi connectivity index (χ0n) is 11.2. The maximum Gasteiger partial charge on any atom is 0.247 e. The number of rotatable bonds is 5. The number of hydrogen-bond acceptors (Lipinski definition) is 4. The lowest BCUT2D eigenvalue weighted by molar-refractivity contribution is 0.144. The molecule has 2 aromatic rings. The molecule has 0 radical (unpaired) electrons. The summed E-state index contributed by atoms with van der Waals surface area (Å²) >= 11 is 0. The molecule has 1 aromatic heterocycles. The predicted octanol–water partition coefficient (Wildman–Crippen LogP) is 2.65. The third kappa shape index (κ3) is 2.32. The van der Waals surface area contributed by atoms with Gasteiger partial charge in [0.1, 0.15) is 0 Å². The molecule has 5 nitrogen and oxygen atoms in total. The van der Waals surface area contributed by atoms with E-state index in [2.05, 4.69) is 27.8 Å². The number of nitrogens with zero attached hydrogens (tertiary/aromatic N) is 4. The monoisotopic (exact) mass is 257 g/mol. The largest absolute Gasteiger partial charge is 0.352 e. The second-order valence-corrected chi connectivity index (χ2v) is 5.31. The Balaban J connectivity index is 1.74. The van der Waals surface area contributed by atoms with E-state index in [1.54, 1.807) is 4.68 Å². The second kappa shape index (κ2) is 4.99. The van der Waals surface area contributed by atoms with Crippen LogP contribution in [0.5, 0.6) is 0 Å². The molecule has 0 spiro atoms. The van der Waals surface area contributed by atoms with Crippen molar-refractivity contribution in [1.29, 1.82) is 0 Å². The van der Waals surface area contributed by atoms with Gasteiger partial charge in [-0.1, -0.05) is 36.6 Å². The summed E-state index contributed by atoms with van der Waals surface area (Å²) in [6.07, 6.45) is 5.18. The van der Waals surface area contributed by atoms with Crippen LogP contribution in [0, 0.1) is 5.41 Å². The molecule has 0 amide bonds. The topological polar surface area (TPSA) is 55.6 Å². The van der Waals surface area contributed by atoms with Gasteiger partial charge >= 0.3 is 0 Å². The van der Waals surface area contributed by atoms with Crippen molar-refractivity contribution in [3.05, 3.63) is 30.3 Å². The first-order valence-electron chi connectivity index (χ1n) is 6.91. The average Bonchev–Trinajstić information content (AvgIpc) is 2.87. The van der Waals surface area contributed by atoms with Gasteiger partial charge in [0.15, 0.2) is 0 Å². The molecule has 0 atom stereocenters. The van der Waals surface area contributed by atoms with Crippen molar-refractivity contribution in [3.8, 4) is 5.69 Å². The molecular formula is C14H19N5. The van der Waals surface area contributed by atoms with Gasteiger partial charge in [-0.2, -0.15) is 4.68 Å². The van der Waals surface area contributed by atoms with Crippen molar-refractivity contribution in [2.24, 2.45) is 5.41 Å². The fraction of sp³-hybridized carbons (Fsp3) is 0.500. The minimum Gasteiger partial charge on any atom is -0.352 e. The third-order valence-corrected chi connectivity index (χ3v) is 4.26. The molecule has 100 valence electrons. The Bertz CT molecular complexity index is 524. The first-order valence-corrected chi connectivity index (χ1v) is 6.91. The third-order valence-electron chi connectivity index (χ3n) is 4.26. The van der Waals surface area contributed by atoms with E-state index in [1.165, 1.54) is 25.7 Å². The van der Waals surface area contributed by atoms with Crippen LogP contribution in [0.15, 0.2) is 30.3 Å². The minimum absolute atomic E-state index is 0.452. The zero-order valence-corrected chi connectivity index (χ0v) is 11.2. The van der Waals surface area contributed by atoms with Crippen LogP contribution < -0.4 is 5.32 Å². The number of tetrazole rings is 1. The smallest absolute Gasteiger partial charge is 0.247 e. The fourth-order valence-corrected chi connectivity index (χ4v) is 2.64. The summed E-state index contributed by atoms with van der Waals surface area (Å²) < 4.78 is 1.75. The highest BCUT2D eigenvalue weighted by molar-refractivity contribution is 5.38. The van der Waals surface area contributed by atoms with Crippen LogP contribution in [0.4, 0.5) is 5.95 Å². The van der Waals surface area contributed by atoms with Crippen LogP contribution in [0.25, 0.3) is 5.69 Å². The molecular weight excluding hydrogens is 238 g/mol. The zero-order chi connectivity index (χ0) is 13.1. The normalized spacial score (nSPS) is 16.9. The standard InChI is InChI=1S/C14H19N5/c1-2-14(9-6-10-14)11-15-13-16-17-18-19(13)12-7-4-3-5-8-12/h3-5,7-8H,2,6,9-11H2,1H3,(H,15,16,18). The van der Waals surface area contributed by atoms with E-state index >= 15 is 0 Å². The van der Waals surface area contributed by atoms with Gasteiger partial charge in [0.05, 0.1) is 5.69 Å². The Morgan fingerprint density at radius 1 is 1.26 bits per heavy atom. The first kappa shape index (κ1) is 12.1. The van der Waals surface area contributed by atoms with Crippen molar-refractivity contribution in [1.82, 2.24) is 20.2 Å². The maximum absolute atomic E-state index is 4.08. The number of hydrogen-bond donors (Lipinski definition) is 1. The predicted molar refractivity (Wildman–Crippen MR) is 74.2 cm³/mol. The molecule has 0 bridgehead atoms. The van der Waals surface area contributed by atoms with E-state index in [0.717, 1.165) is 18.2 Å². The molecule has 0 aliphatic heterocycles. The summed E-state index contributed by atoms with van der Waals surface area (Å²) in [7, 11) is 0. The molecule has 0 saturated heterocycles. The molecule has 1 aromatic carbocycles. The molecule has 3 rings (SSSR count). The molecule has 1 aliphatic rings. The summed E-state index contributed by atoms with van der Waals surface area (Å²) in [6.45, 7) is 3.22. The Morgan fingerprint density at radius 3 is 2.68 bits per heavy atom. The van der Waals surface area contributed by atoms with E-state index in [9.17, 15) is 0 Å². The summed E-state index contributed by atoms with van der Waals surface area (Å²) in [5, 5.41) is 15.3. The van der Waals surface area contributed by atoms with Crippen molar-refractivity contribution in [3.63, 3.8) is 0 Å². The second-order valence-electron chi connectivity index (χ2n) is 5.31. The van der Waals surface area contributed by atoms with E-state index < -0.39 is 0 Å². The molecule has 0 unspecified atom stereocenters. The lowest BCUT2D eigenvalue weighted by Gasteiger charge is -2.41. The Kier molecular flexibility index (Phi) is 3.19. The summed E-state index contributed by atoms with van der Waals surface area (Å²) in [6, 6.07) is 9.96. The van der Waals surface area contributed by atoms with Gasteiger partial charge in [-0.15, -0.1) is 0 Å². The molecule has 1 heterocycles. The Hall–Kier alpha value is -1.91. The molecule has 5 heteroatoms. The summed E-state index contributed by atoms with van der Waals surface area (Å²) in [5.74, 6) is 0.728. The van der Waals surface area contributed by atoms with Gasteiger partial charge < -0.3 is 5.32 Å². The van der Waals surface area contributed by atoms with E-state index in [1.807, 2.05) is 30.3 Å². The highest BCUT2D eigenvalue weighted by atomic mass is 15.6. The van der Waals surface area contributed by atoms with Crippen LogP contribution in [0.1, 0.15) is 32.6 Å². The highest BCUT2D eigenvalue weighted by Crippen LogP contribution is 2.43. The van der Waals surface area contributed by atoms with Gasteiger partial charge in [0, 0.05) is 6.54 Å². The van der Waals surface area contributed by atoms with Gasteiger partial charge in [0.25, 0.3) is 0 Å². The Morgan fingerprint density at radius 2 is 2.05 bits per heavy atom. The summed E-state index contributed by atoms with van der Waals surface area (Å²) in [5.41, 5.74) is 1.43. The number of nitrogens with one attached hydrogen (secondary N) is 1. The quantitative estimate of drug-likeness (QED) is 0.894. The van der Waals surface area contributed by atoms with Crippen molar-refractivity contribution in [2.75, 3.05) is 11.9 Å². The van der Waals surface area contributed by atoms with E-state index in [4.69, 9.17) is 0 Å². The summed E-state index contributed by atoms with van der Waals surface area (Å²) in [4.78, 5) is 0. The number of anilines is 1. The number of benzene rings is 1. The van der Waals surface area contributed by atoms with E-state index in [-0.39, 0.29) is 0 Å². The van der Waals surface area contributed by atoms with Crippen LogP contribution in [0.2, 0.25) is 0 Å². The Labute approximate surface area is 113 Å². The van der Waals surface area contributed by atoms with Crippen molar-refractivity contribution in [2.45, 2.75) is 32.6 Å². The van der Waals surface area contributed by atoms with E-state index in [0.29, 0.717) is 5.41 Å². The van der Waals surface area contributed by atoms with Crippen LogP contribution in [-0.2, 0) is 0 Å². The van der Waals surface area contributed by atoms with Gasteiger partial charge in [-0.3, -0.25) is 0 Å². The first-order chi connectivity index (χ1) is 9.33. The van der Waals surface area contributed by atoms with Crippen molar-refractivity contribution >= 4 is 5.95 Å². The molecule has 19 heavy (non-hydrogen) atoms. The lowest BCUT2D eigenvalue weighted by atomic mass is 9.67. The van der Waals surface area contributed by atoms with Gasteiger partial charge in [0.2, 0.25) is 5.95 Å². The van der Waals surface area contributed by atoms with Crippen LogP contribution in [0.3, 0.4) is 0 Å². The average molecular weight is 257 g/mol. The lowest BCUT2D eigenvalue weighted by Crippen LogP contribution is -2.36. The fourth-order valence-electron chi connectivity index (χ4n) is 2.64. The van der Waals surface area contributed by atoms with Crippen LogP contribution >= 0.6 is 0 Å². The molecule has 1 saturated carbocycles. The number of aromatic nitrogens is 4. The van der Waals surface area contributed by atoms with Gasteiger partial charge in [-0.05, 0) is 47.2 Å². The van der Waals surface area contributed by atoms with Gasteiger partial charge in [-0.25, -0.2) is 0 Å². The maximum atomic E-state index is 4.08. The molecule has 1 aliphatic carbocycles. The van der Waals surface area contributed by atoms with Crippen LogP contribution in [-0.4, -0.2) is 26.8 Å². The SMILES string of the molecule is CCC1(CNc2nnnn2-c2ccccc2)CCC1. The molecule has 1 fully saturated rings. The number of para-hydroxylation sites is 1. The molecule has 1 N–H and O–H groups in total. The highest BCUT2D eigenvalue weighted by Gasteiger charge is 2.35.